The largest absolute Gasteiger partial charge is 0.389 e. The minimum absolute atomic E-state index is 0.469. The molecule has 3 heteroatoms. The van der Waals surface area contributed by atoms with Crippen LogP contribution >= 0.6 is 12.2 Å². The van der Waals surface area contributed by atoms with Crippen molar-refractivity contribution < 1.29 is 0 Å². The minimum Gasteiger partial charge on any atom is -0.389 e. The normalized spacial score (nSPS) is 17.3. The fourth-order valence-corrected chi connectivity index (χ4v) is 2.52. The van der Waals surface area contributed by atoms with Gasteiger partial charge in [-0.25, -0.2) is 0 Å². The standard InChI is InChI=1S/C14H20N2S/c1-9-5-3-8-12(14(15)17)13(9)16-10(2)11-6-4-7-11/h3,5,8,10-11,16H,4,6-7H2,1-2H3,(H2,15,17). The first-order valence-corrected chi connectivity index (χ1v) is 6.66. The summed E-state index contributed by atoms with van der Waals surface area (Å²) in [5.41, 5.74) is 9.06. The Balaban J connectivity index is 2.21. The van der Waals surface area contributed by atoms with Gasteiger partial charge in [-0.3, -0.25) is 0 Å². The molecular formula is C14H20N2S. The molecule has 1 fully saturated rings. The molecule has 1 aromatic rings. The lowest BCUT2D eigenvalue weighted by atomic mass is 9.80. The van der Waals surface area contributed by atoms with Gasteiger partial charge in [0.05, 0.1) is 0 Å². The third kappa shape index (κ3) is 2.60. The summed E-state index contributed by atoms with van der Waals surface area (Å²) in [6.45, 7) is 4.34. The van der Waals surface area contributed by atoms with Crippen molar-refractivity contribution in [2.45, 2.75) is 39.2 Å². The van der Waals surface area contributed by atoms with Gasteiger partial charge in [0.25, 0.3) is 0 Å². The van der Waals surface area contributed by atoms with Crippen LogP contribution in [0.15, 0.2) is 18.2 Å². The van der Waals surface area contributed by atoms with E-state index in [1.807, 2.05) is 12.1 Å². The van der Waals surface area contributed by atoms with Crippen molar-refractivity contribution in [3.05, 3.63) is 29.3 Å². The molecule has 0 bridgehead atoms. The van der Waals surface area contributed by atoms with Gasteiger partial charge < -0.3 is 11.1 Å². The second-order valence-electron chi connectivity index (χ2n) is 4.99. The third-order valence-electron chi connectivity index (χ3n) is 3.77. The number of hydrogen-bond acceptors (Lipinski definition) is 2. The van der Waals surface area contributed by atoms with Crippen LogP contribution in [0.2, 0.25) is 0 Å². The van der Waals surface area contributed by atoms with Gasteiger partial charge in [-0.1, -0.05) is 30.8 Å². The van der Waals surface area contributed by atoms with Gasteiger partial charge in [0.2, 0.25) is 0 Å². The lowest BCUT2D eigenvalue weighted by Crippen LogP contribution is -2.32. The molecule has 1 unspecified atom stereocenters. The lowest BCUT2D eigenvalue weighted by molar-refractivity contribution is 0.285. The predicted molar refractivity (Wildman–Crippen MR) is 77.5 cm³/mol. The first-order valence-electron chi connectivity index (χ1n) is 6.25. The van der Waals surface area contributed by atoms with Gasteiger partial charge in [-0.15, -0.1) is 0 Å². The summed E-state index contributed by atoms with van der Waals surface area (Å²) in [6.07, 6.45) is 4.04. The number of aryl methyl sites for hydroxylation is 1. The van der Waals surface area contributed by atoms with E-state index in [0.29, 0.717) is 11.0 Å². The van der Waals surface area contributed by atoms with Crippen LogP contribution in [-0.2, 0) is 0 Å². The molecule has 0 saturated heterocycles. The maximum atomic E-state index is 5.77. The first-order chi connectivity index (χ1) is 8.09. The van der Waals surface area contributed by atoms with Crippen molar-refractivity contribution in [3.8, 4) is 0 Å². The lowest BCUT2D eigenvalue weighted by Gasteiger charge is -2.33. The molecular weight excluding hydrogens is 228 g/mol. The SMILES string of the molecule is Cc1cccc(C(N)=S)c1NC(C)C1CCC1. The van der Waals surface area contributed by atoms with E-state index in [0.717, 1.165) is 17.2 Å². The molecule has 17 heavy (non-hydrogen) atoms. The van der Waals surface area contributed by atoms with Crippen LogP contribution in [0, 0.1) is 12.8 Å². The first kappa shape index (κ1) is 12.4. The van der Waals surface area contributed by atoms with Crippen molar-refractivity contribution in [2.24, 2.45) is 11.7 Å². The summed E-state index contributed by atoms with van der Waals surface area (Å²) in [6, 6.07) is 6.59. The number of hydrogen-bond donors (Lipinski definition) is 2. The molecule has 1 aliphatic carbocycles. The fourth-order valence-electron chi connectivity index (χ4n) is 2.35. The molecule has 0 amide bonds. The summed E-state index contributed by atoms with van der Waals surface area (Å²) in [7, 11) is 0. The van der Waals surface area contributed by atoms with Crippen molar-refractivity contribution in [1.82, 2.24) is 0 Å². The topological polar surface area (TPSA) is 38.0 Å². The van der Waals surface area contributed by atoms with Gasteiger partial charge in [0, 0.05) is 17.3 Å². The smallest absolute Gasteiger partial charge is 0.106 e. The maximum Gasteiger partial charge on any atom is 0.106 e. The van der Waals surface area contributed by atoms with E-state index in [2.05, 4.69) is 25.2 Å². The van der Waals surface area contributed by atoms with E-state index in [-0.39, 0.29) is 0 Å². The predicted octanol–water partition coefficient (Wildman–Crippen LogP) is 3.23. The van der Waals surface area contributed by atoms with E-state index >= 15 is 0 Å². The maximum absolute atomic E-state index is 5.77. The van der Waals surface area contributed by atoms with Crippen LogP contribution in [0.25, 0.3) is 0 Å². The van der Waals surface area contributed by atoms with E-state index < -0.39 is 0 Å². The Morgan fingerprint density at radius 1 is 1.47 bits per heavy atom. The van der Waals surface area contributed by atoms with Crippen LogP contribution in [0.3, 0.4) is 0 Å². The van der Waals surface area contributed by atoms with E-state index in [4.69, 9.17) is 18.0 Å². The number of nitrogens with one attached hydrogen (secondary N) is 1. The Labute approximate surface area is 109 Å². The van der Waals surface area contributed by atoms with Gasteiger partial charge in [0.15, 0.2) is 0 Å². The molecule has 1 saturated carbocycles. The van der Waals surface area contributed by atoms with Crippen molar-refractivity contribution in [1.29, 1.82) is 0 Å². The summed E-state index contributed by atoms with van der Waals surface area (Å²) in [5, 5.41) is 3.59. The Kier molecular flexibility index (Phi) is 3.67. The number of anilines is 1. The average Bonchev–Trinajstić information content (AvgIpc) is 2.17. The highest BCUT2D eigenvalue weighted by molar-refractivity contribution is 7.80. The summed E-state index contributed by atoms with van der Waals surface area (Å²) in [4.78, 5) is 0.469. The molecule has 1 atom stereocenters. The van der Waals surface area contributed by atoms with Crippen LogP contribution in [0.4, 0.5) is 5.69 Å². The monoisotopic (exact) mass is 248 g/mol. The number of benzene rings is 1. The van der Waals surface area contributed by atoms with Crippen LogP contribution in [-0.4, -0.2) is 11.0 Å². The fraction of sp³-hybridized carbons (Fsp3) is 0.500. The summed E-state index contributed by atoms with van der Waals surface area (Å²) < 4.78 is 0. The zero-order valence-corrected chi connectivity index (χ0v) is 11.3. The van der Waals surface area contributed by atoms with Crippen LogP contribution in [0.1, 0.15) is 37.3 Å². The highest BCUT2D eigenvalue weighted by Gasteiger charge is 2.24. The Morgan fingerprint density at radius 2 is 2.18 bits per heavy atom. The van der Waals surface area contributed by atoms with Gasteiger partial charge in [0.1, 0.15) is 4.99 Å². The Hall–Kier alpha value is -1.09. The van der Waals surface area contributed by atoms with Crippen molar-refractivity contribution in [2.75, 3.05) is 5.32 Å². The van der Waals surface area contributed by atoms with E-state index in [1.165, 1.54) is 24.8 Å². The molecule has 1 aliphatic rings. The van der Waals surface area contributed by atoms with Crippen molar-refractivity contribution >= 4 is 22.9 Å². The zero-order valence-electron chi connectivity index (χ0n) is 10.5. The second kappa shape index (κ2) is 5.05. The zero-order chi connectivity index (χ0) is 12.4. The van der Waals surface area contributed by atoms with Crippen LogP contribution < -0.4 is 11.1 Å². The quantitative estimate of drug-likeness (QED) is 0.803. The number of thiocarbonyl (C=S) groups is 1. The number of para-hydroxylation sites is 1. The van der Waals surface area contributed by atoms with Gasteiger partial charge in [-0.05, 0) is 44.2 Å². The number of rotatable bonds is 4. The van der Waals surface area contributed by atoms with E-state index in [1.54, 1.807) is 0 Å². The average molecular weight is 248 g/mol. The van der Waals surface area contributed by atoms with Gasteiger partial charge >= 0.3 is 0 Å². The Morgan fingerprint density at radius 3 is 2.71 bits per heavy atom. The molecule has 0 aromatic heterocycles. The van der Waals surface area contributed by atoms with E-state index in [9.17, 15) is 0 Å². The molecule has 0 heterocycles. The molecule has 2 rings (SSSR count). The molecule has 92 valence electrons. The second-order valence-corrected chi connectivity index (χ2v) is 5.43. The third-order valence-corrected chi connectivity index (χ3v) is 3.99. The highest BCUT2D eigenvalue weighted by atomic mass is 32.1. The highest BCUT2D eigenvalue weighted by Crippen LogP contribution is 2.32. The molecule has 1 aromatic carbocycles. The number of nitrogens with two attached hydrogens (primary N) is 1. The Bertz CT molecular complexity index is 424. The molecule has 0 aliphatic heterocycles. The molecule has 0 radical (unpaired) electrons. The molecule has 0 spiro atoms. The minimum atomic E-state index is 0.469. The summed E-state index contributed by atoms with van der Waals surface area (Å²) >= 11 is 5.11. The molecule has 2 nitrogen and oxygen atoms in total. The van der Waals surface area contributed by atoms with Crippen LogP contribution in [0.5, 0.6) is 0 Å². The van der Waals surface area contributed by atoms with Gasteiger partial charge in [-0.2, -0.15) is 0 Å². The molecule has 3 N–H and O–H groups in total. The summed E-state index contributed by atoms with van der Waals surface area (Å²) in [5.74, 6) is 0.800. The van der Waals surface area contributed by atoms with Crippen molar-refractivity contribution in [3.63, 3.8) is 0 Å².